The molecule has 7 rings (SSSR count). The molecule has 10 nitrogen and oxygen atoms in total. The molecule has 0 saturated heterocycles. The largest absolute Gasteiger partial charge is 0.496 e. The van der Waals surface area contributed by atoms with Crippen LogP contribution in [0.4, 0.5) is 0 Å². The second-order valence-corrected chi connectivity index (χ2v) is 13.8. The van der Waals surface area contributed by atoms with Crippen molar-refractivity contribution < 1.29 is 19.1 Å². The smallest absolute Gasteiger partial charge is 0.218 e. The fourth-order valence-electron chi connectivity index (χ4n) is 6.19. The summed E-state index contributed by atoms with van der Waals surface area (Å²) in [6, 6.07) is 25.5. The molecular weight excluding hydrogens is 748 g/mol. The number of pyridine rings is 4. The number of nitrogens with one attached hydrogen (secondary N) is 1. The Bertz CT molecular complexity index is 2720. The molecule has 0 aliphatic carbocycles. The number of H-pyrrole nitrogens is 1. The zero-order chi connectivity index (χ0) is 38.7. The minimum absolute atomic E-state index is 0.0835. The third kappa shape index (κ3) is 7.77. The number of fused-ring (bicyclic) bond motifs is 2. The first-order valence-electron chi connectivity index (χ1n) is 17.0. The van der Waals surface area contributed by atoms with Gasteiger partial charge in [0.1, 0.15) is 22.5 Å². The first kappa shape index (κ1) is 37.6. The average Bonchev–Trinajstić information content (AvgIpc) is 3.16. The molecule has 0 aliphatic heterocycles. The minimum Gasteiger partial charge on any atom is -0.496 e. The van der Waals surface area contributed by atoms with Crippen LogP contribution in [0.3, 0.4) is 0 Å². The molecular formula is C43H37BrN4O6. The number of aryl methyl sites for hydroxylation is 4. The molecule has 1 N–H and O–H groups in total. The summed E-state index contributed by atoms with van der Waals surface area (Å²) in [5, 5.41) is 0. The quantitative estimate of drug-likeness (QED) is 0.154. The first-order chi connectivity index (χ1) is 25.9. The lowest BCUT2D eigenvalue weighted by atomic mass is 10.0. The summed E-state index contributed by atoms with van der Waals surface area (Å²) < 4.78 is 13.4. The molecule has 4 aromatic heterocycles. The number of hydrogen-bond donors (Lipinski definition) is 1. The van der Waals surface area contributed by atoms with Crippen LogP contribution in [0, 0.1) is 27.7 Å². The van der Waals surface area contributed by atoms with Crippen LogP contribution in [0.5, 0.6) is 11.5 Å². The van der Waals surface area contributed by atoms with Gasteiger partial charge in [-0.3, -0.25) is 19.2 Å². The Labute approximate surface area is 319 Å². The van der Waals surface area contributed by atoms with Crippen LogP contribution in [-0.2, 0) is 6.54 Å². The van der Waals surface area contributed by atoms with Crippen molar-refractivity contribution >= 4 is 49.6 Å². The van der Waals surface area contributed by atoms with Crippen molar-refractivity contribution in [2.45, 2.75) is 34.2 Å². The van der Waals surface area contributed by atoms with E-state index < -0.39 is 0 Å². The monoisotopic (exact) mass is 784 g/mol. The molecule has 3 aromatic carbocycles. The van der Waals surface area contributed by atoms with Gasteiger partial charge in [0.15, 0.2) is 11.6 Å². The van der Waals surface area contributed by atoms with Crippen molar-refractivity contribution in [3.63, 3.8) is 0 Å². The van der Waals surface area contributed by atoms with Crippen molar-refractivity contribution in [1.29, 1.82) is 0 Å². The number of carbonyl (C=O) groups is 2. The average molecular weight is 786 g/mol. The van der Waals surface area contributed by atoms with E-state index >= 15 is 0 Å². The maximum absolute atomic E-state index is 13.3. The molecule has 0 bridgehead atoms. The standard InChI is InChI=1S/C25H21BrN2O3.C18H16N2O3/c1-15-11-18(8-10-22(15)31-3)24(29)20-14-28(13-17-5-4-6-19(26)12-17)21-9-7-16(2)27-23(21)25(20)30;1-10-8-12(5-7-15(10)23-3)17(21)13-9-19-14-6-4-11(2)20-16(14)18(13)22/h4-12,14H,13H2,1-3H3;4-9H,1-3H3,(H,19,22). The third-order valence-electron chi connectivity index (χ3n) is 8.98. The van der Waals surface area contributed by atoms with E-state index in [0.29, 0.717) is 45.7 Å². The normalized spacial score (nSPS) is 10.9. The number of ether oxygens (including phenoxy) is 2. The Kier molecular flexibility index (Phi) is 11.0. The van der Waals surface area contributed by atoms with E-state index in [1.54, 1.807) is 69.8 Å². The highest BCUT2D eigenvalue weighted by Crippen LogP contribution is 2.23. The van der Waals surface area contributed by atoms with Gasteiger partial charge in [0.05, 0.1) is 36.4 Å². The van der Waals surface area contributed by atoms with E-state index in [1.165, 1.54) is 6.20 Å². The van der Waals surface area contributed by atoms with Gasteiger partial charge in [0.25, 0.3) is 0 Å². The summed E-state index contributed by atoms with van der Waals surface area (Å²) in [7, 11) is 3.16. The molecule has 272 valence electrons. The summed E-state index contributed by atoms with van der Waals surface area (Å²) in [6.07, 6.45) is 3.09. The van der Waals surface area contributed by atoms with Gasteiger partial charge in [-0.25, -0.2) is 9.97 Å². The molecule has 0 aliphatic rings. The molecule has 0 atom stereocenters. The number of carbonyl (C=O) groups excluding carboxylic acids is 2. The highest BCUT2D eigenvalue weighted by atomic mass is 79.9. The summed E-state index contributed by atoms with van der Waals surface area (Å²) in [6.45, 7) is 7.86. The molecule has 0 fully saturated rings. The summed E-state index contributed by atoms with van der Waals surface area (Å²) >= 11 is 3.50. The Hall–Kier alpha value is -6.20. The predicted molar refractivity (Wildman–Crippen MR) is 213 cm³/mol. The summed E-state index contributed by atoms with van der Waals surface area (Å²) in [5.74, 6) is 0.733. The minimum atomic E-state index is -0.360. The first-order valence-corrected chi connectivity index (χ1v) is 17.8. The highest BCUT2D eigenvalue weighted by Gasteiger charge is 2.20. The lowest BCUT2D eigenvalue weighted by Gasteiger charge is -2.14. The lowest BCUT2D eigenvalue weighted by molar-refractivity contribution is 0.102. The fraction of sp³-hybridized carbons (Fsp3) is 0.163. The summed E-state index contributed by atoms with van der Waals surface area (Å²) in [5.41, 5.74) is 6.40. The Morgan fingerprint density at radius 1 is 0.704 bits per heavy atom. The van der Waals surface area contributed by atoms with Gasteiger partial charge in [-0.1, -0.05) is 28.1 Å². The second kappa shape index (κ2) is 15.8. The topological polar surface area (TPSA) is 133 Å². The van der Waals surface area contributed by atoms with Gasteiger partial charge >= 0.3 is 0 Å². The van der Waals surface area contributed by atoms with E-state index in [-0.39, 0.29) is 39.1 Å². The number of hydrogen-bond acceptors (Lipinski definition) is 8. The lowest BCUT2D eigenvalue weighted by Crippen LogP contribution is -2.21. The molecule has 7 aromatic rings. The Balaban J connectivity index is 0.000000193. The van der Waals surface area contributed by atoms with E-state index in [1.807, 2.05) is 67.8 Å². The van der Waals surface area contributed by atoms with Crippen molar-refractivity contribution in [2.75, 3.05) is 14.2 Å². The molecule has 0 amide bonds. The fourth-order valence-corrected chi connectivity index (χ4v) is 6.64. The number of aromatic amines is 1. The van der Waals surface area contributed by atoms with Crippen LogP contribution in [0.25, 0.3) is 22.1 Å². The molecule has 54 heavy (non-hydrogen) atoms. The molecule has 0 saturated carbocycles. The predicted octanol–water partition coefficient (Wildman–Crippen LogP) is 7.84. The van der Waals surface area contributed by atoms with E-state index in [2.05, 4.69) is 30.9 Å². The van der Waals surface area contributed by atoms with Gasteiger partial charge in [0.2, 0.25) is 10.9 Å². The van der Waals surface area contributed by atoms with Crippen molar-refractivity contribution in [3.8, 4) is 11.5 Å². The van der Waals surface area contributed by atoms with Crippen LogP contribution in [0.15, 0.2) is 111 Å². The Morgan fingerprint density at radius 2 is 1.28 bits per heavy atom. The van der Waals surface area contributed by atoms with Crippen LogP contribution < -0.4 is 20.3 Å². The second-order valence-electron chi connectivity index (χ2n) is 12.9. The van der Waals surface area contributed by atoms with Crippen LogP contribution in [0.1, 0.15) is 59.9 Å². The molecule has 11 heteroatoms. The van der Waals surface area contributed by atoms with Gasteiger partial charge in [-0.05, 0) is 117 Å². The molecule has 0 unspecified atom stereocenters. The van der Waals surface area contributed by atoms with Crippen LogP contribution >= 0.6 is 15.9 Å². The number of halogens is 1. The maximum Gasteiger partial charge on any atom is 0.218 e. The third-order valence-corrected chi connectivity index (χ3v) is 9.47. The number of nitrogens with zero attached hydrogens (tertiary/aromatic N) is 3. The van der Waals surface area contributed by atoms with Gasteiger partial charge in [-0.15, -0.1) is 0 Å². The van der Waals surface area contributed by atoms with E-state index in [9.17, 15) is 19.2 Å². The van der Waals surface area contributed by atoms with Gasteiger partial charge in [0, 0.05) is 45.9 Å². The SMILES string of the molecule is COc1ccc(C(=O)c2c[nH]c3ccc(C)nc3c2=O)cc1C.COc1ccc(C(=O)c2cn(Cc3cccc(Br)c3)c3ccc(C)nc3c2=O)cc1C. The molecule has 0 spiro atoms. The maximum atomic E-state index is 13.3. The van der Waals surface area contributed by atoms with Crippen molar-refractivity contribution in [3.05, 3.63) is 173 Å². The number of benzene rings is 3. The number of methoxy groups -OCH3 is 2. The van der Waals surface area contributed by atoms with Crippen molar-refractivity contribution in [1.82, 2.24) is 19.5 Å². The van der Waals surface area contributed by atoms with Crippen LogP contribution in [0.2, 0.25) is 0 Å². The zero-order valence-electron chi connectivity index (χ0n) is 30.6. The highest BCUT2D eigenvalue weighted by molar-refractivity contribution is 9.10. The Morgan fingerprint density at radius 3 is 1.87 bits per heavy atom. The molecule has 4 heterocycles. The number of aromatic nitrogens is 4. The van der Waals surface area contributed by atoms with Crippen LogP contribution in [-0.4, -0.2) is 45.3 Å². The number of ketones is 2. The molecule has 0 radical (unpaired) electrons. The van der Waals surface area contributed by atoms with Gasteiger partial charge in [-0.2, -0.15) is 0 Å². The van der Waals surface area contributed by atoms with Crippen molar-refractivity contribution in [2.24, 2.45) is 0 Å². The van der Waals surface area contributed by atoms with E-state index in [0.717, 1.165) is 32.6 Å². The summed E-state index contributed by atoms with van der Waals surface area (Å²) in [4.78, 5) is 63.5. The van der Waals surface area contributed by atoms with E-state index in [4.69, 9.17) is 9.47 Å². The van der Waals surface area contributed by atoms with Gasteiger partial charge < -0.3 is 19.0 Å². The zero-order valence-corrected chi connectivity index (χ0v) is 32.2. The number of rotatable bonds is 8.